The molecule has 0 aromatic heterocycles. The monoisotopic (exact) mass is 136 g/mol. The lowest BCUT2D eigenvalue weighted by Crippen LogP contribution is -2.12. The zero-order chi connectivity index (χ0) is 7.56. The number of ketones is 1. The predicted octanol–water partition coefficient (Wildman–Crippen LogP) is 0.819. The van der Waals surface area contributed by atoms with Gasteiger partial charge in [-0.2, -0.15) is 0 Å². The van der Waals surface area contributed by atoms with Crippen LogP contribution in [-0.2, 0) is 4.79 Å². The van der Waals surface area contributed by atoms with Gasteiger partial charge in [-0.15, -0.1) is 0 Å². The summed E-state index contributed by atoms with van der Waals surface area (Å²) < 4.78 is 0. The van der Waals surface area contributed by atoms with Gasteiger partial charge in [0.25, 0.3) is 0 Å². The van der Waals surface area contributed by atoms with Crippen LogP contribution in [0.1, 0.15) is 13.3 Å². The molecule has 2 unspecified atom stereocenters. The zero-order valence-corrected chi connectivity index (χ0v) is 6.63. The minimum absolute atomic E-state index is 0.296. The van der Waals surface area contributed by atoms with E-state index in [1.807, 2.05) is 6.08 Å². The summed E-state index contributed by atoms with van der Waals surface area (Å²) in [5.74, 6) is 1.10. The summed E-state index contributed by atoms with van der Waals surface area (Å²) in [6.07, 6.45) is 5.91. The van der Waals surface area contributed by atoms with E-state index in [0.29, 0.717) is 17.6 Å². The third-order valence-electron chi connectivity index (χ3n) is 2.16. The van der Waals surface area contributed by atoms with Gasteiger partial charge < -0.3 is 0 Å². The highest BCUT2D eigenvalue weighted by molar-refractivity contribution is 6.08. The van der Waals surface area contributed by atoms with Gasteiger partial charge in [-0.05, 0) is 18.4 Å². The second-order valence-corrected chi connectivity index (χ2v) is 3.02. The molecule has 0 heterocycles. The number of hydrogen-bond donors (Lipinski definition) is 0. The van der Waals surface area contributed by atoms with Crippen molar-refractivity contribution < 1.29 is 4.79 Å². The molecule has 0 amide bonds. The Morgan fingerprint density at radius 2 is 2.40 bits per heavy atom. The fraction of sp³-hybridized carbons (Fsp3) is 0.625. The van der Waals surface area contributed by atoms with E-state index in [1.54, 1.807) is 6.08 Å². The molecule has 2 heteroatoms. The molecule has 54 valence electrons. The van der Waals surface area contributed by atoms with Crippen LogP contribution in [-0.4, -0.2) is 13.6 Å². The molecule has 0 aromatic rings. The number of carbonyl (C=O) groups excluding carboxylic acids is 1. The third-order valence-corrected chi connectivity index (χ3v) is 2.16. The standard InChI is InChI=1S/C8H13BO/c1-6-2-3-8(10)7(6)4-5-9/h2-3,6-7H,4-5,9H2,1H3. The Labute approximate surface area is 62.9 Å². The molecule has 0 aromatic carbocycles. The summed E-state index contributed by atoms with van der Waals surface area (Å²) in [5.41, 5.74) is 0. The lowest BCUT2D eigenvalue weighted by Gasteiger charge is -2.11. The van der Waals surface area contributed by atoms with Gasteiger partial charge in [0.05, 0.1) is 0 Å². The Hall–Kier alpha value is -0.525. The van der Waals surface area contributed by atoms with Gasteiger partial charge in [-0.25, -0.2) is 0 Å². The Morgan fingerprint density at radius 3 is 2.80 bits per heavy atom. The van der Waals surface area contributed by atoms with Crippen molar-refractivity contribution in [1.82, 2.24) is 0 Å². The van der Waals surface area contributed by atoms with Crippen LogP contribution in [0.15, 0.2) is 12.2 Å². The average molecular weight is 136 g/mol. The molecule has 0 saturated carbocycles. The van der Waals surface area contributed by atoms with E-state index >= 15 is 0 Å². The second kappa shape index (κ2) is 3.04. The van der Waals surface area contributed by atoms with Crippen LogP contribution in [0.2, 0.25) is 6.32 Å². The number of allylic oxidation sites excluding steroid dienone is 2. The van der Waals surface area contributed by atoms with Crippen LogP contribution >= 0.6 is 0 Å². The van der Waals surface area contributed by atoms with E-state index in [4.69, 9.17) is 0 Å². The first-order valence-corrected chi connectivity index (χ1v) is 3.97. The zero-order valence-electron chi connectivity index (χ0n) is 6.63. The molecule has 0 N–H and O–H groups in total. The van der Waals surface area contributed by atoms with Gasteiger partial charge in [0.1, 0.15) is 7.85 Å². The Kier molecular flexibility index (Phi) is 2.31. The van der Waals surface area contributed by atoms with Crippen molar-refractivity contribution in [3.63, 3.8) is 0 Å². The van der Waals surface area contributed by atoms with Crippen LogP contribution < -0.4 is 0 Å². The van der Waals surface area contributed by atoms with E-state index in [9.17, 15) is 4.79 Å². The Bertz CT molecular complexity index is 163. The maximum Gasteiger partial charge on any atom is 0.159 e. The highest BCUT2D eigenvalue weighted by Gasteiger charge is 2.24. The highest BCUT2D eigenvalue weighted by Crippen LogP contribution is 2.25. The van der Waals surface area contributed by atoms with Crippen LogP contribution in [0, 0.1) is 11.8 Å². The molecule has 1 aliphatic carbocycles. The van der Waals surface area contributed by atoms with E-state index in [2.05, 4.69) is 14.8 Å². The van der Waals surface area contributed by atoms with Crippen LogP contribution in [0.5, 0.6) is 0 Å². The smallest absolute Gasteiger partial charge is 0.159 e. The van der Waals surface area contributed by atoms with Crippen molar-refractivity contribution in [2.75, 3.05) is 0 Å². The van der Waals surface area contributed by atoms with Gasteiger partial charge in [0.2, 0.25) is 0 Å². The topological polar surface area (TPSA) is 17.1 Å². The van der Waals surface area contributed by atoms with Crippen LogP contribution in [0.25, 0.3) is 0 Å². The average Bonchev–Trinajstić information content (AvgIpc) is 2.20. The summed E-state index contributed by atoms with van der Waals surface area (Å²) in [6, 6.07) is 0. The quantitative estimate of drug-likeness (QED) is 0.513. The molecule has 1 nitrogen and oxygen atoms in total. The van der Waals surface area contributed by atoms with Crippen molar-refractivity contribution in [1.29, 1.82) is 0 Å². The van der Waals surface area contributed by atoms with E-state index in [1.165, 1.54) is 0 Å². The first-order valence-electron chi connectivity index (χ1n) is 3.97. The maximum atomic E-state index is 11.1. The Morgan fingerprint density at radius 1 is 1.70 bits per heavy atom. The number of carbonyl (C=O) groups is 1. The van der Waals surface area contributed by atoms with E-state index in [0.717, 1.165) is 12.7 Å². The molecule has 10 heavy (non-hydrogen) atoms. The molecule has 1 rings (SSSR count). The maximum absolute atomic E-state index is 11.1. The molecule has 0 radical (unpaired) electrons. The van der Waals surface area contributed by atoms with Gasteiger partial charge in [-0.1, -0.05) is 19.3 Å². The fourth-order valence-electron chi connectivity index (χ4n) is 1.48. The van der Waals surface area contributed by atoms with Gasteiger partial charge in [-0.3, -0.25) is 4.79 Å². The van der Waals surface area contributed by atoms with Crippen LogP contribution in [0.4, 0.5) is 0 Å². The largest absolute Gasteiger partial charge is 0.295 e. The first kappa shape index (κ1) is 7.58. The molecular formula is C8H13BO. The van der Waals surface area contributed by atoms with Crippen molar-refractivity contribution in [3.05, 3.63) is 12.2 Å². The Balaban J connectivity index is 2.52. The summed E-state index contributed by atoms with van der Waals surface area (Å²) in [6.45, 7) is 2.11. The van der Waals surface area contributed by atoms with Crippen LogP contribution in [0.3, 0.4) is 0 Å². The SMILES string of the molecule is BCCC1C(=O)C=CC1C. The number of hydrogen-bond acceptors (Lipinski definition) is 1. The number of rotatable bonds is 2. The van der Waals surface area contributed by atoms with E-state index in [-0.39, 0.29) is 0 Å². The summed E-state index contributed by atoms with van der Waals surface area (Å²) >= 11 is 0. The van der Waals surface area contributed by atoms with Gasteiger partial charge >= 0.3 is 0 Å². The lowest BCUT2D eigenvalue weighted by atomic mass is 9.86. The molecule has 0 bridgehead atoms. The third kappa shape index (κ3) is 1.31. The van der Waals surface area contributed by atoms with Crippen molar-refractivity contribution in [3.8, 4) is 0 Å². The molecule has 0 saturated heterocycles. The normalized spacial score (nSPS) is 31.5. The minimum Gasteiger partial charge on any atom is -0.295 e. The van der Waals surface area contributed by atoms with Crippen molar-refractivity contribution in [2.24, 2.45) is 11.8 Å². The van der Waals surface area contributed by atoms with Gasteiger partial charge in [0, 0.05) is 5.92 Å². The summed E-state index contributed by atoms with van der Waals surface area (Å²) in [5, 5.41) is 0. The molecule has 0 fully saturated rings. The summed E-state index contributed by atoms with van der Waals surface area (Å²) in [4.78, 5) is 11.1. The van der Waals surface area contributed by atoms with Crippen molar-refractivity contribution >= 4 is 13.6 Å². The molecule has 2 atom stereocenters. The fourth-order valence-corrected chi connectivity index (χ4v) is 1.48. The van der Waals surface area contributed by atoms with Crippen molar-refractivity contribution in [2.45, 2.75) is 19.7 Å². The molecule has 1 aliphatic rings. The summed E-state index contributed by atoms with van der Waals surface area (Å²) in [7, 11) is 2.12. The highest BCUT2D eigenvalue weighted by atomic mass is 16.1. The van der Waals surface area contributed by atoms with Gasteiger partial charge in [0.15, 0.2) is 5.78 Å². The molecule has 0 aliphatic heterocycles. The molecular weight excluding hydrogens is 123 g/mol. The molecule has 0 spiro atoms. The first-order chi connectivity index (χ1) is 4.75. The minimum atomic E-state index is 0.296. The lowest BCUT2D eigenvalue weighted by molar-refractivity contribution is -0.118. The second-order valence-electron chi connectivity index (χ2n) is 3.02. The predicted molar refractivity (Wildman–Crippen MR) is 44.8 cm³/mol. The van der Waals surface area contributed by atoms with E-state index < -0.39 is 0 Å².